The number of piperidine rings is 1. The lowest BCUT2D eigenvalue weighted by atomic mass is 10.0. The van der Waals surface area contributed by atoms with E-state index < -0.39 is 15.9 Å². The molecule has 1 amide bonds. The molecule has 3 rings (SSSR count). The van der Waals surface area contributed by atoms with Gasteiger partial charge in [-0.3, -0.25) is 4.79 Å². The molecule has 1 saturated heterocycles. The number of hydrogen-bond donors (Lipinski definition) is 1. The van der Waals surface area contributed by atoms with E-state index >= 15 is 0 Å². The van der Waals surface area contributed by atoms with Crippen LogP contribution in [0.1, 0.15) is 35.9 Å². The summed E-state index contributed by atoms with van der Waals surface area (Å²) in [7, 11) is -3.53. The smallest absolute Gasteiger partial charge is 0.284 e. The maximum absolute atomic E-state index is 12.8. The van der Waals surface area contributed by atoms with Gasteiger partial charge in [-0.05, 0) is 43.9 Å². The van der Waals surface area contributed by atoms with Crippen LogP contribution in [0.4, 0.5) is 0 Å². The van der Waals surface area contributed by atoms with Crippen molar-refractivity contribution in [1.82, 2.24) is 4.31 Å². The standard InChI is InChI=1S/C16H20N2O4S/c1-10-5-7-18(8-6-10)23(20,21)12-3-4-14-13(9-12)11(2)15(22-14)16(17)19/h3-4,9-10H,5-8H2,1-2H3,(H2,17,19). The molecule has 124 valence electrons. The fourth-order valence-electron chi connectivity index (χ4n) is 2.97. The predicted octanol–water partition coefficient (Wildman–Crippen LogP) is 2.26. The van der Waals surface area contributed by atoms with Crippen LogP contribution < -0.4 is 5.73 Å². The number of amides is 1. The molecule has 0 bridgehead atoms. The first kappa shape index (κ1) is 16.0. The quantitative estimate of drug-likeness (QED) is 0.930. The minimum absolute atomic E-state index is 0.0707. The number of furan rings is 1. The monoisotopic (exact) mass is 336 g/mol. The van der Waals surface area contributed by atoms with E-state index in [0.29, 0.717) is 35.5 Å². The molecule has 0 unspecified atom stereocenters. The lowest BCUT2D eigenvalue weighted by Gasteiger charge is -2.29. The van der Waals surface area contributed by atoms with Crippen LogP contribution in [-0.2, 0) is 10.0 Å². The van der Waals surface area contributed by atoms with Gasteiger partial charge in [0.25, 0.3) is 5.91 Å². The Balaban J connectivity index is 2.02. The Morgan fingerprint density at radius 2 is 1.96 bits per heavy atom. The van der Waals surface area contributed by atoms with Gasteiger partial charge in [0.1, 0.15) is 5.58 Å². The van der Waals surface area contributed by atoms with E-state index in [2.05, 4.69) is 6.92 Å². The Labute approximate surface area is 135 Å². The molecule has 7 heteroatoms. The number of sulfonamides is 1. The second-order valence-corrected chi connectivity index (χ2v) is 8.10. The number of benzene rings is 1. The topological polar surface area (TPSA) is 93.6 Å². The van der Waals surface area contributed by atoms with Crippen LogP contribution in [0.25, 0.3) is 11.0 Å². The highest BCUT2D eigenvalue weighted by atomic mass is 32.2. The molecule has 0 spiro atoms. The molecule has 1 aromatic heterocycles. The summed E-state index contributed by atoms with van der Waals surface area (Å²) in [5, 5.41) is 0.602. The van der Waals surface area contributed by atoms with Crippen LogP contribution >= 0.6 is 0 Å². The molecule has 2 heterocycles. The Kier molecular flexibility index (Phi) is 3.93. The summed E-state index contributed by atoms with van der Waals surface area (Å²) >= 11 is 0. The van der Waals surface area contributed by atoms with Crippen molar-refractivity contribution in [3.05, 3.63) is 29.5 Å². The molecular formula is C16H20N2O4S. The lowest BCUT2D eigenvalue weighted by molar-refractivity contribution is 0.0975. The zero-order valence-corrected chi connectivity index (χ0v) is 14.0. The number of rotatable bonds is 3. The van der Waals surface area contributed by atoms with Gasteiger partial charge in [-0.1, -0.05) is 6.92 Å². The number of hydrogen-bond acceptors (Lipinski definition) is 4. The Morgan fingerprint density at radius 3 is 2.57 bits per heavy atom. The first-order valence-corrected chi connectivity index (χ1v) is 9.08. The van der Waals surface area contributed by atoms with E-state index in [-0.39, 0.29) is 10.7 Å². The van der Waals surface area contributed by atoms with Gasteiger partial charge in [0.15, 0.2) is 5.76 Å². The number of fused-ring (bicyclic) bond motifs is 1. The largest absolute Gasteiger partial charge is 0.451 e. The number of nitrogens with zero attached hydrogens (tertiary/aromatic N) is 1. The number of nitrogens with two attached hydrogens (primary N) is 1. The predicted molar refractivity (Wildman–Crippen MR) is 86.6 cm³/mol. The van der Waals surface area contributed by atoms with Gasteiger partial charge >= 0.3 is 0 Å². The molecule has 0 saturated carbocycles. The molecule has 6 nitrogen and oxygen atoms in total. The molecule has 1 fully saturated rings. The highest BCUT2D eigenvalue weighted by Gasteiger charge is 2.28. The van der Waals surface area contributed by atoms with Crippen LogP contribution in [0.15, 0.2) is 27.5 Å². The number of aryl methyl sites for hydroxylation is 1. The first-order valence-electron chi connectivity index (χ1n) is 7.64. The van der Waals surface area contributed by atoms with Crippen LogP contribution in [0, 0.1) is 12.8 Å². The van der Waals surface area contributed by atoms with Crippen LogP contribution in [0.5, 0.6) is 0 Å². The molecule has 23 heavy (non-hydrogen) atoms. The van der Waals surface area contributed by atoms with E-state index in [1.165, 1.54) is 10.4 Å². The molecule has 1 aliphatic rings. The third-order valence-electron chi connectivity index (χ3n) is 4.51. The van der Waals surface area contributed by atoms with Crippen molar-refractivity contribution in [2.75, 3.05) is 13.1 Å². The number of carbonyl (C=O) groups is 1. The Bertz CT molecular complexity index is 862. The summed E-state index contributed by atoms with van der Waals surface area (Å²) < 4.78 is 32.5. The van der Waals surface area contributed by atoms with Crippen molar-refractivity contribution in [3.63, 3.8) is 0 Å². The van der Waals surface area contributed by atoms with Gasteiger partial charge in [0.2, 0.25) is 10.0 Å². The van der Waals surface area contributed by atoms with E-state index in [1.807, 2.05) is 0 Å². The van der Waals surface area contributed by atoms with Gasteiger partial charge in [-0.2, -0.15) is 4.31 Å². The summed E-state index contributed by atoms with van der Waals surface area (Å²) in [6.45, 7) is 4.91. The van der Waals surface area contributed by atoms with Gasteiger partial charge in [0, 0.05) is 24.0 Å². The van der Waals surface area contributed by atoms with Gasteiger partial charge < -0.3 is 10.2 Å². The number of carbonyl (C=O) groups excluding carboxylic acids is 1. The molecule has 0 radical (unpaired) electrons. The molecule has 0 atom stereocenters. The van der Waals surface area contributed by atoms with Crippen molar-refractivity contribution in [2.45, 2.75) is 31.6 Å². The van der Waals surface area contributed by atoms with Crippen molar-refractivity contribution >= 4 is 26.9 Å². The average molecular weight is 336 g/mol. The fourth-order valence-corrected chi connectivity index (χ4v) is 4.47. The Hall–Kier alpha value is -1.86. The van der Waals surface area contributed by atoms with Crippen molar-refractivity contribution in [3.8, 4) is 0 Å². The van der Waals surface area contributed by atoms with Crippen LogP contribution in [0.3, 0.4) is 0 Å². The Morgan fingerprint density at radius 1 is 1.30 bits per heavy atom. The fraction of sp³-hybridized carbons (Fsp3) is 0.438. The lowest BCUT2D eigenvalue weighted by Crippen LogP contribution is -2.37. The van der Waals surface area contributed by atoms with Crippen LogP contribution in [0.2, 0.25) is 0 Å². The van der Waals surface area contributed by atoms with E-state index in [9.17, 15) is 13.2 Å². The summed E-state index contributed by atoms with van der Waals surface area (Å²) in [5.41, 5.74) is 6.30. The summed E-state index contributed by atoms with van der Waals surface area (Å²) in [5.74, 6) is -0.0346. The van der Waals surface area contributed by atoms with Crippen LogP contribution in [-0.4, -0.2) is 31.7 Å². The van der Waals surface area contributed by atoms with E-state index in [4.69, 9.17) is 10.2 Å². The second-order valence-electron chi connectivity index (χ2n) is 6.17. The minimum Gasteiger partial charge on any atom is -0.451 e. The zero-order valence-electron chi connectivity index (χ0n) is 13.2. The van der Waals surface area contributed by atoms with Gasteiger partial charge in [-0.25, -0.2) is 8.42 Å². The van der Waals surface area contributed by atoms with Crippen molar-refractivity contribution in [1.29, 1.82) is 0 Å². The highest BCUT2D eigenvalue weighted by molar-refractivity contribution is 7.89. The average Bonchev–Trinajstić information content (AvgIpc) is 2.84. The molecule has 1 aliphatic heterocycles. The zero-order chi connectivity index (χ0) is 16.8. The SMILES string of the molecule is Cc1c(C(N)=O)oc2ccc(S(=O)(=O)N3CCC(C)CC3)cc12. The molecule has 1 aromatic carbocycles. The second kappa shape index (κ2) is 5.65. The van der Waals surface area contributed by atoms with E-state index in [1.54, 1.807) is 19.1 Å². The maximum Gasteiger partial charge on any atom is 0.284 e. The molecule has 0 aliphatic carbocycles. The molecule has 2 aromatic rings. The normalized spacial score (nSPS) is 17.7. The van der Waals surface area contributed by atoms with E-state index in [0.717, 1.165) is 12.8 Å². The molecular weight excluding hydrogens is 316 g/mol. The third-order valence-corrected chi connectivity index (χ3v) is 6.41. The van der Waals surface area contributed by atoms with Crippen molar-refractivity contribution < 1.29 is 17.6 Å². The minimum atomic E-state index is -3.53. The molecule has 2 N–H and O–H groups in total. The van der Waals surface area contributed by atoms with Crippen molar-refractivity contribution in [2.24, 2.45) is 11.7 Å². The van der Waals surface area contributed by atoms with Gasteiger partial charge in [-0.15, -0.1) is 0 Å². The maximum atomic E-state index is 12.8. The number of primary amides is 1. The highest BCUT2D eigenvalue weighted by Crippen LogP contribution is 2.30. The van der Waals surface area contributed by atoms with Gasteiger partial charge in [0.05, 0.1) is 4.90 Å². The third kappa shape index (κ3) is 2.74. The summed E-state index contributed by atoms with van der Waals surface area (Å²) in [6, 6.07) is 4.66. The first-order chi connectivity index (χ1) is 10.8. The summed E-state index contributed by atoms with van der Waals surface area (Å²) in [4.78, 5) is 11.6. The summed E-state index contributed by atoms with van der Waals surface area (Å²) in [6.07, 6.45) is 1.75.